The summed E-state index contributed by atoms with van der Waals surface area (Å²) in [7, 11) is -5.30. The maximum absolute atomic E-state index is 13.9. The van der Waals surface area contributed by atoms with Gasteiger partial charge in [-0.25, -0.2) is 12.8 Å². The van der Waals surface area contributed by atoms with Gasteiger partial charge in [-0.3, -0.25) is 24.0 Å². The summed E-state index contributed by atoms with van der Waals surface area (Å²) in [5, 5.41) is 11.8. The summed E-state index contributed by atoms with van der Waals surface area (Å²) in [6.07, 6.45) is -0.773. The molecule has 5 aliphatic rings. The van der Waals surface area contributed by atoms with E-state index in [2.05, 4.69) is 132 Å². The van der Waals surface area contributed by atoms with Crippen LogP contribution in [0.5, 0.6) is 11.5 Å². The molecule has 2 bridgehead atoms. The van der Waals surface area contributed by atoms with Gasteiger partial charge in [0.2, 0.25) is 6.10 Å². The van der Waals surface area contributed by atoms with E-state index in [1.807, 2.05) is 36.4 Å². The second kappa shape index (κ2) is 32.2. The van der Waals surface area contributed by atoms with Crippen molar-refractivity contribution in [1.82, 2.24) is 0 Å². The normalized spacial score (nSPS) is 20.6. The Labute approximate surface area is 586 Å². The number of carbonyl (C=O) groups excluding carboxylic acids is 5. The monoisotopic (exact) mass is 1410 g/mol. The van der Waals surface area contributed by atoms with E-state index in [1.54, 1.807) is 69.3 Å². The predicted octanol–water partition coefficient (Wildman–Crippen LogP) is 19.2. The molecular formula is C81H90F4O13S2. The van der Waals surface area contributed by atoms with Gasteiger partial charge in [0.05, 0.1) is 33.1 Å². The van der Waals surface area contributed by atoms with Crippen LogP contribution < -0.4 is 4.74 Å². The summed E-state index contributed by atoms with van der Waals surface area (Å²) in [4.78, 5) is 63.8. The lowest BCUT2D eigenvalue weighted by atomic mass is 9.78. The molecule has 13 rings (SSSR count). The van der Waals surface area contributed by atoms with Crippen molar-refractivity contribution in [3.05, 3.63) is 209 Å². The fourth-order valence-corrected chi connectivity index (χ4v) is 16.7. The maximum atomic E-state index is 13.9. The van der Waals surface area contributed by atoms with Gasteiger partial charge in [-0.15, -0.1) is 0 Å². The molecule has 100 heavy (non-hydrogen) atoms. The van der Waals surface area contributed by atoms with Crippen LogP contribution in [0, 0.1) is 34.9 Å². The van der Waals surface area contributed by atoms with Gasteiger partial charge in [0.25, 0.3) is 0 Å². The number of fused-ring (bicyclic) bond motifs is 6. The summed E-state index contributed by atoms with van der Waals surface area (Å²) in [5.74, 6) is -6.84. The number of hydrogen-bond donors (Lipinski definition) is 1. The molecular weight excluding hydrogens is 1320 g/mol. The van der Waals surface area contributed by atoms with Crippen molar-refractivity contribution >= 4 is 70.2 Å². The number of aromatic hydroxyl groups is 1. The first kappa shape index (κ1) is 75.9. The first-order chi connectivity index (χ1) is 47.4. The molecule has 1 N–H and O–H groups in total. The summed E-state index contributed by atoms with van der Waals surface area (Å²) in [6.45, 7) is 20.1. The van der Waals surface area contributed by atoms with Crippen LogP contribution in [0.2, 0.25) is 0 Å². The van der Waals surface area contributed by atoms with Gasteiger partial charge in [-0.2, -0.15) is 13.2 Å². The molecule has 0 spiro atoms. The lowest BCUT2D eigenvalue weighted by Crippen LogP contribution is -2.47. The minimum Gasteiger partial charge on any atom is -0.748 e. The van der Waals surface area contributed by atoms with Crippen LogP contribution in [0.15, 0.2) is 164 Å². The summed E-state index contributed by atoms with van der Waals surface area (Å²) in [6, 6.07) is 53.8. The zero-order valence-electron chi connectivity index (χ0n) is 58.3. The molecule has 4 aliphatic carbocycles. The highest BCUT2D eigenvalue weighted by Crippen LogP contribution is 2.59. The number of ketones is 2. The van der Waals surface area contributed by atoms with Crippen LogP contribution in [-0.2, 0) is 38.7 Å². The van der Waals surface area contributed by atoms with Crippen molar-refractivity contribution in [2.75, 3.05) is 5.75 Å². The average Bonchev–Trinajstić information content (AvgIpc) is 1.54. The van der Waals surface area contributed by atoms with E-state index in [1.165, 1.54) is 55.5 Å². The Morgan fingerprint density at radius 2 is 1.16 bits per heavy atom. The first-order valence-electron chi connectivity index (χ1n) is 34.6. The number of halogens is 4. The molecule has 10 unspecified atom stereocenters. The highest BCUT2D eigenvalue weighted by Gasteiger charge is 2.71. The Kier molecular flexibility index (Phi) is 24.4. The Balaban J connectivity index is 0.000000151. The maximum Gasteiger partial charge on any atom is 0.426 e. The molecule has 13 nitrogen and oxygen atoms in total. The van der Waals surface area contributed by atoms with Crippen LogP contribution in [0.1, 0.15) is 200 Å². The number of phenolic OH excluding ortho intramolecular Hbond substituents is 1. The van der Waals surface area contributed by atoms with Gasteiger partial charge in [-0.05, 0) is 180 Å². The van der Waals surface area contributed by atoms with E-state index in [0.29, 0.717) is 57.9 Å². The molecule has 2 heterocycles. The van der Waals surface area contributed by atoms with E-state index in [-0.39, 0.29) is 39.9 Å². The lowest BCUT2D eigenvalue weighted by Gasteiger charge is -2.34. The van der Waals surface area contributed by atoms with Crippen LogP contribution in [-0.4, -0.2) is 83.4 Å². The predicted molar refractivity (Wildman–Crippen MR) is 381 cm³/mol. The van der Waals surface area contributed by atoms with Crippen LogP contribution in [0.3, 0.4) is 0 Å². The molecule has 1 aliphatic heterocycles. The summed E-state index contributed by atoms with van der Waals surface area (Å²) >= 11 is 0. The zero-order valence-corrected chi connectivity index (χ0v) is 59.9. The van der Waals surface area contributed by atoms with Gasteiger partial charge < -0.3 is 28.6 Å². The molecule has 10 atom stereocenters. The molecule has 1 saturated heterocycles. The van der Waals surface area contributed by atoms with Crippen molar-refractivity contribution in [2.24, 2.45) is 29.1 Å². The van der Waals surface area contributed by atoms with Crippen LogP contribution in [0.25, 0.3) is 25.1 Å². The number of thiophene rings is 1. The molecule has 3 saturated carbocycles. The highest BCUT2D eigenvalue weighted by atomic mass is 32.2. The number of ether oxygens (including phenoxy) is 4. The number of carbonyl (C=O) groups is 5. The van der Waals surface area contributed by atoms with Gasteiger partial charge in [0.1, 0.15) is 23.6 Å². The van der Waals surface area contributed by atoms with Crippen molar-refractivity contribution in [2.45, 2.75) is 181 Å². The Morgan fingerprint density at radius 1 is 0.660 bits per heavy atom. The van der Waals surface area contributed by atoms with Crippen LogP contribution >= 0.6 is 10.5 Å². The van der Waals surface area contributed by atoms with Gasteiger partial charge >= 0.3 is 24.1 Å². The van der Waals surface area contributed by atoms with E-state index in [9.17, 15) is 54.5 Å². The third kappa shape index (κ3) is 17.4. The molecule has 1 aromatic heterocycles. The standard InChI is InChI=1S/C18H23F3O9S.C18H16O2.C18H13S.C17H25FO.C10H14O/c1-4-17(2,3)16(24)30-13-8-5-7-11(15(23)29-12(7)13)10(8)14(22)28-9(18(19,20)21)6-31(25,26)27;1-3-11(2)12-8-9-15-16(10-12)18(20)14-7-5-4-6-13(14)17(15)19;1-2-8-14(9-3-1)19-17-12-6-4-10-15(17)16-11-5-7-13-18(16)19;1-4-13(2)14-8-9-15(18)16(12-14)19-17(3)10-6-5-7-11-17;1-3-8(2)9-4-6-10(11)7-5-9/h7-13H,4-6H2,1-3H3,(H,25,26,27);4-11H,3H2,1-2H3;1-13H;8-9,12-13H,4-7,10-11H2,1-3H3;4-8,11H,3H2,1-2H3/q;;+1;;/p-1. The number of phenols is 1. The van der Waals surface area contributed by atoms with E-state index >= 15 is 0 Å². The van der Waals surface area contributed by atoms with Gasteiger partial charge in [0, 0.05) is 55.3 Å². The fourth-order valence-electron chi connectivity index (χ4n) is 13.7. The largest absolute Gasteiger partial charge is 0.748 e. The molecule has 532 valence electrons. The second-order valence-corrected chi connectivity index (χ2v) is 31.2. The van der Waals surface area contributed by atoms with Crippen LogP contribution in [0.4, 0.5) is 17.6 Å². The van der Waals surface area contributed by atoms with E-state index in [4.69, 9.17) is 19.3 Å². The van der Waals surface area contributed by atoms with Gasteiger partial charge in [-0.1, -0.05) is 152 Å². The first-order valence-corrected chi connectivity index (χ1v) is 37.4. The molecule has 0 radical (unpaired) electrons. The summed E-state index contributed by atoms with van der Waals surface area (Å²) in [5.41, 5.74) is 4.63. The molecule has 8 aromatic rings. The van der Waals surface area contributed by atoms with Crippen molar-refractivity contribution in [3.63, 3.8) is 0 Å². The van der Waals surface area contributed by atoms with Crippen molar-refractivity contribution < 1.29 is 78.6 Å². The Bertz CT molecular complexity index is 4280. The highest BCUT2D eigenvalue weighted by molar-refractivity contribution is 7.85. The van der Waals surface area contributed by atoms with E-state index < -0.39 is 87.4 Å². The number of alkyl halides is 3. The summed E-state index contributed by atoms with van der Waals surface area (Å²) < 4.78 is 110. The molecule has 19 heteroatoms. The zero-order chi connectivity index (χ0) is 72.6. The minimum absolute atomic E-state index is 0.0413. The smallest absolute Gasteiger partial charge is 0.426 e. The third-order valence-corrected chi connectivity index (χ3v) is 23.6. The van der Waals surface area contributed by atoms with E-state index in [0.717, 1.165) is 37.7 Å². The Morgan fingerprint density at radius 3 is 1.71 bits per heavy atom. The third-order valence-electron chi connectivity index (χ3n) is 20.6. The SMILES string of the molecule is CCC(C)(C)C(=O)OC1C2CC3C1OC(=O)C3C2C(=O)OC(CS(=O)(=O)[O-])C(F)(F)F.CCC(C)c1ccc(F)c(OC2(C)CCCCC2)c1.CCC(C)c1ccc(O)cc1.CCC(C)c1ccc2c(c1)C(=O)c1ccccc1C2=O.c1ccc(-[s+]2c3ccccc3c3ccccc32)cc1. The quantitative estimate of drug-likeness (QED) is 0.0315. The lowest BCUT2D eigenvalue weighted by molar-refractivity contribution is -0.220. The van der Waals surface area contributed by atoms with Gasteiger partial charge in [0.15, 0.2) is 37.4 Å². The number of benzene rings is 7. The second-order valence-electron chi connectivity index (χ2n) is 27.8. The molecule has 7 aromatic carbocycles. The number of esters is 3. The van der Waals surface area contributed by atoms with Crippen molar-refractivity contribution in [3.8, 4) is 16.4 Å². The topological polar surface area (TPSA) is 200 Å². The average molecular weight is 1410 g/mol. The fraction of sp³-hybridized carbons (Fsp3) is 0.420. The number of hydrogen-bond acceptors (Lipinski definition) is 13. The number of rotatable bonds is 16. The molecule has 0 amide bonds. The van der Waals surface area contributed by atoms with Crippen molar-refractivity contribution in [1.29, 1.82) is 0 Å². The Hall–Kier alpha value is -8.26. The minimum atomic E-state index is -5.36. The molecule has 4 fully saturated rings.